The van der Waals surface area contributed by atoms with Crippen LogP contribution in [0.3, 0.4) is 0 Å². The molecule has 0 N–H and O–H groups in total. The third-order valence-electron chi connectivity index (χ3n) is 2.01. The predicted octanol–water partition coefficient (Wildman–Crippen LogP) is 3.37. The maximum absolute atomic E-state index is 11.5. The summed E-state index contributed by atoms with van der Waals surface area (Å²) in [6.45, 7) is 7.92. The molecule has 94 valence electrons. The molecule has 3 heteroatoms. The van der Waals surface area contributed by atoms with E-state index >= 15 is 0 Å². The number of hydrogen-bond acceptors (Lipinski definition) is 3. The van der Waals surface area contributed by atoms with Crippen molar-refractivity contribution in [3.8, 4) is 5.75 Å². The van der Waals surface area contributed by atoms with Crippen LogP contribution in [0.25, 0.3) is 0 Å². The highest BCUT2D eigenvalue weighted by Crippen LogP contribution is 2.21. The van der Waals surface area contributed by atoms with Gasteiger partial charge in [0.15, 0.2) is 0 Å². The minimum absolute atomic E-state index is 0. The van der Waals surface area contributed by atoms with Crippen molar-refractivity contribution in [1.82, 2.24) is 0 Å². The highest BCUT2D eigenvalue weighted by atomic mass is 16.5. The number of benzene rings is 1. The van der Waals surface area contributed by atoms with Crippen molar-refractivity contribution < 1.29 is 14.3 Å². The number of ether oxygens (including phenoxy) is 2. The molecule has 0 atom stereocenters. The Morgan fingerprint density at radius 2 is 2.06 bits per heavy atom. The van der Waals surface area contributed by atoms with Gasteiger partial charge in [-0.3, -0.25) is 0 Å². The number of rotatable bonds is 4. The third-order valence-corrected chi connectivity index (χ3v) is 2.01. The zero-order valence-electron chi connectivity index (χ0n) is 9.87. The first-order chi connectivity index (χ1) is 7.54. The van der Waals surface area contributed by atoms with Gasteiger partial charge in [0.2, 0.25) is 0 Å². The van der Waals surface area contributed by atoms with Gasteiger partial charge in [0.05, 0.1) is 7.11 Å². The number of esters is 1. The lowest BCUT2D eigenvalue weighted by Gasteiger charge is -2.10. The topological polar surface area (TPSA) is 35.5 Å². The first-order valence-electron chi connectivity index (χ1n) is 5.00. The zero-order chi connectivity index (χ0) is 12.1. The summed E-state index contributed by atoms with van der Waals surface area (Å²) < 4.78 is 10.2. The molecule has 0 heterocycles. The molecule has 0 aliphatic carbocycles. The second-order valence-electron chi connectivity index (χ2n) is 3.74. The maximum atomic E-state index is 11.5. The lowest BCUT2D eigenvalue weighted by atomic mass is 10.1. The molecule has 0 unspecified atom stereocenters. The fraction of sp³-hybridized carbons (Fsp3) is 0.357. The second kappa shape index (κ2) is 6.74. The minimum atomic E-state index is -0.389. The molecule has 1 aromatic carbocycles. The summed E-state index contributed by atoms with van der Waals surface area (Å²) in [5.74, 6) is 0.140. The average Bonchev–Trinajstić information content (AvgIpc) is 2.26. The summed E-state index contributed by atoms with van der Waals surface area (Å²) in [5, 5.41) is 0. The standard InChI is InChI=1S/C13H16O3.CH4/c1-9(2)8-16-12-6-5-10(3)7-11(12)13(14)15-4;/h5-7H,1,8H2,2-4H3;1H4. The van der Waals surface area contributed by atoms with Gasteiger partial charge in [-0.25, -0.2) is 4.79 Å². The van der Waals surface area contributed by atoms with Crippen molar-refractivity contribution in [2.45, 2.75) is 21.3 Å². The van der Waals surface area contributed by atoms with Gasteiger partial charge in [0, 0.05) is 0 Å². The molecule has 0 aliphatic rings. The van der Waals surface area contributed by atoms with E-state index in [1.165, 1.54) is 7.11 Å². The van der Waals surface area contributed by atoms with E-state index in [0.29, 0.717) is 17.9 Å². The number of aryl methyl sites for hydroxylation is 1. The summed E-state index contributed by atoms with van der Waals surface area (Å²) in [7, 11) is 1.35. The second-order valence-corrected chi connectivity index (χ2v) is 3.74. The van der Waals surface area contributed by atoms with Gasteiger partial charge in [-0.15, -0.1) is 0 Å². The highest BCUT2D eigenvalue weighted by Gasteiger charge is 2.13. The lowest BCUT2D eigenvalue weighted by molar-refractivity contribution is 0.0596. The van der Waals surface area contributed by atoms with E-state index in [0.717, 1.165) is 11.1 Å². The van der Waals surface area contributed by atoms with E-state index in [2.05, 4.69) is 6.58 Å². The largest absolute Gasteiger partial charge is 0.488 e. The fourth-order valence-electron chi connectivity index (χ4n) is 1.24. The molecule has 0 saturated heterocycles. The van der Waals surface area contributed by atoms with Crippen LogP contribution in [0.1, 0.15) is 30.3 Å². The molecular weight excluding hydrogens is 216 g/mol. The molecule has 0 fully saturated rings. The first kappa shape index (κ1) is 15.2. The normalized spacial score (nSPS) is 9.12. The summed E-state index contributed by atoms with van der Waals surface area (Å²) >= 11 is 0. The lowest BCUT2D eigenvalue weighted by Crippen LogP contribution is -2.07. The molecule has 3 nitrogen and oxygen atoms in total. The van der Waals surface area contributed by atoms with Gasteiger partial charge in [-0.1, -0.05) is 25.6 Å². The van der Waals surface area contributed by atoms with Gasteiger partial charge >= 0.3 is 5.97 Å². The van der Waals surface area contributed by atoms with Gasteiger partial charge in [0.25, 0.3) is 0 Å². The SMILES string of the molecule is C.C=C(C)COc1ccc(C)cc1C(=O)OC. The molecule has 0 aromatic heterocycles. The number of carbonyl (C=O) groups excluding carboxylic acids is 1. The third kappa shape index (κ3) is 4.31. The van der Waals surface area contributed by atoms with Crippen molar-refractivity contribution in [2.24, 2.45) is 0 Å². The van der Waals surface area contributed by atoms with E-state index in [4.69, 9.17) is 9.47 Å². The Balaban J connectivity index is 0.00000256. The van der Waals surface area contributed by atoms with Crippen LogP contribution in [-0.2, 0) is 4.74 Å². The smallest absolute Gasteiger partial charge is 0.341 e. The highest BCUT2D eigenvalue weighted by molar-refractivity contribution is 5.92. The van der Waals surface area contributed by atoms with E-state index in [9.17, 15) is 4.79 Å². The van der Waals surface area contributed by atoms with Crippen LogP contribution in [0.5, 0.6) is 5.75 Å². The Hall–Kier alpha value is -1.77. The monoisotopic (exact) mass is 236 g/mol. The number of methoxy groups -OCH3 is 1. The van der Waals surface area contributed by atoms with Crippen LogP contribution < -0.4 is 4.74 Å². The molecule has 0 saturated carbocycles. The zero-order valence-corrected chi connectivity index (χ0v) is 9.87. The first-order valence-corrected chi connectivity index (χ1v) is 5.00. The summed E-state index contributed by atoms with van der Waals surface area (Å²) in [5.41, 5.74) is 2.34. The van der Waals surface area contributed by atoms with Gasteiger partial charge in [0.1, 0.15) is 17.9 Å². The van der Waals surface area contributed by atoms with Crippen molar-refractivity contribution in [3.63, 3.8) is 0 Å². The summed E-state index contributed by atoms with van der Waals surface area (Å²) in [6.07, 6.45) is 0. The average molecular weight is 236 g/mol. The van der Waals surface area contributed by atoms with Crippen molar-refractivity contribution in [1.29, 1.82) is 0 Å². The van der Waals surface area contributed by atoms with Crippen LogP contribution in [-0.4, -0.2) is 19.7 Å². The van der Waals surface area contributed by atoms with E-state index in [1.807, 2.05) is 19.9 Å². The molecule has 0 spiro atoms. The Morgan fingerprint density at radius 3 is 2.59 bits per heavy atom. The van der Waals surface area contributed by atoms with Gasteiger partial charge < -0.3 is 9.47 Å². The molecule has 1 rings (SSSR count). The van der Waals surface area contributed by atoms with Crippen LogP contribution in [0, 0.1) is 6.92 Å². The Labute approximate surface area is 103 Å². The fourth-order valence-corrected chi connectivity index (χ4v) is 1.24. The van der Waals surface area contributed by atoms with Crippen LogP contribution >= 0.6 is 0 Å². The predicted molar refractivity (Wildman–Crippen MR) is 69.6 cm³/mol. The molecule has 0 bridgehead atoms. The van der Waals surface area contributed by atoms with Gasteiger partial charge in [-0.05, 0) is 31.6 Å². The summed E-state index contributed by atoms with van der Waals surface area (Å²) in [4.78, 5) is 11.5. The van der Waals surface area contributed by atoms with Crippen LogP contribution in [0.4, 0.5) is 0 Å². The van der Waals surface area contributed by atoms with Crippen LogP contribution in [0.2, 0.25) is 0 Å². The van der Waals surface area contributed by atoms with Crippen molar-refractivity contribution in [3.05, 3.63) is 41.5 Å². The van der Waals surface area contributed by atoms with Gasteiger partial charge in [-0.2, -0.15) is 0 Å². The molecule has 1 aromatic rings. The van der Waals surface area contributed by atoms with Crippen molar-refractivity contribution >= 4 is 5.97 Å². The molecule has 0 aliphatic heterocycles. The minimum Gasteiger partial charge on any atom is -0.488 e. The van der Waals surface area contributed by atoms with Crippen LogP contribution in [0.15, 0.2) is 30.4 Å². The Kier molecular flexibility index (Phi) is 6.03. The van der Waals surface area contributed by atoms with E-state index in [1.54, 1.807) is 12.1 Å². The molecule has 0 radical (unpaired) electrons. The van der Waals surface area contributed by atoms with E-state index < -0.39 is 0 Å². The molecule has 17 heavy (non-hydrogen) atoms. The Bertz CT molecular complexity index is 408. The molecular formula is C14H20O3. The molecule has 0 amide bonds. The number of hydrogen-bond donors (Lipinski definition) is 0. The maximum Gasteiger partial charge on any atom is 0.341 e. The quantitative estimate of drug-likeness (QED) is 0.594. The van der Waals surface area contributed by atoms with E-state index in [-0.39, 0.29) is 13.4 Å². The number of carbonyl (C=O) groups is 1. The Morgan fingerprint density at radius 1 is 1.41 bits per heavy atom. The summed E-state index contributed by atoms with van der Waals surface area (Å²) in [6, 6.07) is 5.41. The van der Waals surface area contributed by atoms with Crippen molar-refractivity contribution in [2.75, 3.05) is 13.7 Å².